The van der Waals surface area contributed by atoms with E-state index in [1.54, 1.807) is 33.8 Å². The van der Waals surface area contributed by atoms with Crippen molar-refractivity contribution >= 4 is 17.3 Å². The summed E-state index contributed by atoms with van der Waals surface area (Å²) in [5, 5.41) is 12.4. The normalized spacial score (nSPS) is 11.1. The third-order valence-corrected chi connectivity index (χ3v) is 3.29. The first kappa shape index (κ1) is 18.4. The third-order valence-electron chi connectivity index (χ3n) is 3.29. The van der Waals surface area contributed by atoms with Crippen molar-refractivity contribution in [3.05, 3.63) is 44.8 Å². The number of esters is 1. The number of ether oxygens (including phenoxy) is 2. The Hall–Kier alpha value is -2.61. The summed E-state index contributed by atoms with van der Waals surface area (Å²) < 4.78 is 9.93. The first-order valence-corrected chi connectivity index (χ1v) is 6.97. The van der Waals surface area contributed by atoms with Gasteiger partial charge in [0.1, 0.15) is 0 Å². The van der Waals surface area contributed by atoms with E-state index in [1.807, 2.05) is 0 Å². The van der Waals surface area contributed by atoms with Crippen molar-refractivity contribution in [3.63, 3.8) is 0 Å². The average Bonchev–Trinajstić information content (AvgIpc) is 2.43. The van der Waals surface area contributed by atoms with Gasteiger partial charge < -0.3 is 9.47 Å². The number of rotatable bonds is 6. The van der Waals surface area contributed by atoms with E-state index < -0.39 is 10.9 Å². The van der Waals surface area contributed by atoms with Crippen molar-refractivity contribution < 1.29 is 19.2 Å². The maximum absolute atomic E-state index is 11.6. The predicted octanol–water partition coefficient (Wildman–Crippen LogP) is 2.25. The van der Waals surface area contributed by atoms with Crippen LogP contribution in [0.5, 0.6) is 0 Å². The fourth-order valence-corrected chi connectivity index (χ4v) is 2.44. The highest BCUT2D eigenvalue weighted by molar-refractivity contribution is 5.83. The molecule has 0 aliphatic heterocycles. The minimum atomic E-state index is -0.614. The monoisotopic (exact) mass is 323 g/mol. The highest BCUT2D eigenvalue weighted by Crippen LogP contribution is 2.35. The molecule has 8 heteroatoms. The molecule has 0 saturated heterocycles. The van der Waals surface area contributed by atoms with Gasteiger partial charge in [-0.3, -0.25) is 10.1 Å². The van der Waals surface area contributed by atoms with Crippen LogP contribution in [-0.2, 0) is 14.3 Å². The molecular weight excluding hydrogens is 302 g/mol. The zero-order valence-corrected chi connectivity index (χ0v) is 13.9. The van der Waals surface area contributed by atoms with Gasteiger partial charge in [-0.2, -0.15) is 0 Å². The van der Waals surface area contributed by atoms with Crippen LogP contribution in [0.25, 0.3) is 0 Å². The predicted molar refractivity (Wildman–Crippen MR) is 85.7 cm³/mol. The van der Waals surface area contributed by atoms with Crippen LogP contribution < -0.4 is 10.9 Å². The van der Waals surface area contributed by atoms with E-state index in [-0.39, 0.29) is 18.2 Å². The first-order chi connectivity index (χ1) is 10.7. The van der Waals surface area contributed by atoms with Crippen LogP contribution in [0.3, 0.4) is 0 Å². The Morgan fingerprint density at radius 3 is 2.48 bits per heavy atom. The quantitative estimate of drug-likeness (QED) is 0.213. The van der Waals surface area contributed by atoms with Gasteiger partial charge in [0.25, 0.3) is 5.69 Å². The molecule has 2 N–H and O–H groups in total. The summed E-state index contributed by atoms with van der Waals surface area (Å²) in [7, 11) is 1.35. The largest absolute Gasteiger partial charge is 0.481 e. The van der Waals surface area contributed by atoms with Crippen LogP contribution in [0, 0.1) is 30.9 Å². The molecule has 0 aromatic heterocycles. The Kier molecular flexibility index (Phi) is 6.09. The van der Waals surface area contributed by atoms with E-state index in [0.717, 1.165) is 16.6 Å². The number of nitrogens with zero attached hydrogens (tertiary/aromatic N) is 2. The number of anilines is 1. The van der Waals surface area contributed by atoms with Crippen LogP contribution in [-0.4, -0.2) is 24.6 Å². The van der Waals surface area contributed by atoms with Crippen molar-refractivity contribution in [2.45, 2.75) is 27.7 Å². The Labute approximate surface area is 134 Å². The number of methoxy groups -OCH3 is 1. The molecule has 0 unspecified atom stereocenters. The van der Waals surface area contributed by atoms with Gasteiger partial charge in [0, 0.05) is 5.56 Å². The van der Waals surface area contributed by atoms with Gasteiger partial charge in [-0.1, -0.05) is 0 Å². The summed E-state index contributed by atoms with van der Waals surface area (Å²) in [4.78, 5) is 22.4. The highest BCUT2D eigenvalue weighted by Gasteiger charge is 2.24. The second-order valence-corrected chi connectivity index (χ2v) is 4.90. The van der Waals surface area contributed by atoms with E-state index in [0.29, 0.717) is 16.8 Å². The van der Waals surface area contributed by atoms with Crippen molar-refractivity contribution in [1.29, 1.82) is 0 Å². The minimum absolute atomic E-state index is 0.0207. The maximum atomic E-state index is 11.6. The lowest BCUT2D eigenvalue weighted by Gasteiger charge is -2.24. The number of nitro groups is 1. The minimum Gasteiger partial charge on any atom is -0.481 e. The number of nitro benzene ring substituents is 1. The van der Waals surface area contributed by atoms with Gasteiger partial charge >= 0.3 is 5.97 Å². The summed E-state index contributed by atoms with van der Waals surface area (Å²) in [6.07, 6.45) is 1.09. The number of carbonyl (C=O) groups excluding carboxylic acids is 1. The molecule has 0 aliphatic carbocycles. The summed E-state index contributed by atoms with van der Waals surface area (Å²) in [5.74, 6) is 5.43. The van der Waals surface area contributed by atoms with Crippen molar-refractivity contribution in [2.75, 3.05) is 18.7 Å². The Morgan fingerprint density at radius 1 is 1.39 bits per heavy atom. The number of hydrazine groups is 1. The zero-order valence-electron chi connectivity index (χ0n) is 13.9. The van der Waals surface area contributed by atoms with Crippen LogP contribution >= 0.6 is 0 Å². The summed E-state index contributed by atoms with van der Waals surface area (Å²) >= 11 is 0. The molecule has 126 valence electrons. The standard InChI is InChI=1S/C15H21N3O5/c1-6-23-13(19)8-12(22-5)17(16)14-9(2)7-10(3)15(11(14)4)18(20)21/h7-8H,6,16H2,1-5H3/b12-8+. The molecule has 0 aliphatic rings. The molecule has 8 nitrogen and oxygen atoms in total. The molecule has 23 heavy (non-hydrogen) atoms. The second-order valence-electron chi connectivity index (χ2n) is 4.90. The molecule has 0 radical (unpaired) electrons. The van der Waals surface area contributed by atoms with Crippen molar-refractivity contribution in [2.24, 2.45) is 5.84 Å². The molecule has 0 heterocycles. The molecule has 0 bridgehead atoms. The molecule has 1 rings (SSSR count). The lowest BCUT2D eigenvalue weighted by Crippen LogP contribution is -2.33. The van der Waals surface area contributed by atoms with Gasteiger partial charge in [-0.05, 0) is 39.3 Å². The second kappa shape index (κ2) is 7.59. The van der Waals surface area contributed by atoms with Gasteiger partial charge in [0.15, 0.2) is 0 Å². The van der Waals surface area contributed by atoms with Gasteiger partial charge in [-0.25, -0.2) is 15.6 Å². The molecule has 0 saturated carbocycles. The molecule has 0 amide bonds. The highest BCUT2D eigenvalue weighted by atomic mass is 16.6. The number of benzene rings is 1. The van der Waals surface area contributed by atoms with Crippen LogP contribution in [0.1, 0.15) is 23.6 Å². The third kappa shape index (κ3) is 3.98. The van der Waals surface area contributed by atoms with E-state index >= 15 is 0 Å². The molecule has 1 aromatic rings. The Morgan fingerprint density at radius 2 is 2.00 bits per heavy atom. The average molecular weight is 323 g/mol. The number of carbonyl (C=O) groups is 1. The van der Waals surface area contributed by atoms with E-state index in [9.17, 15) is 14.9 Å². The number of nitrogens with two attached hydrogens (primary N) is 1. The number of hydrogen-bond acceptors (Lipinski definition) is 7. The van der Waals surface area contributed by atoms with Gasteiger partial charge in [0.2, 0.25) is 5.88 Å². The molecule has 0 fully saturated rings. The van der Waals surface area contributed by atoms with Crippen LogP contribution in [0.2, 0.25) is 0 Å². The smallest absolute Gasteiger partial charge is 0.336 e. The van der Waals surface area contributed by atoms with Crippen LogP contribution in [0.15, 0.2) is 18.0 Å². The van der Waals surface area contributed by atoms with E-state index in [2.05, 4.69) is 0 Å². The molecular formula is C15H21N3O5. The van der Waals surface area contributed by atoms with E-state index in [1.165, 1.54) is 7.11 Å². The lowest BCUT2D eigenvalue weighted by atomic mass is 10.0. The molecule has 0 atom stereocenters. The van der Waals surface area contributed by atoms with Crippen LogP contribution in [0.4, 0.5) is 11.4 Å². The van der Waals surface area contributed by atoms with Gasteiger partial charge in [0.05, 0.1) is 36.0 Å². The van der Waals surface area contributed by atoms with Crippen molar-refractivity contribution in [3.8, 4) is 0 Å². The first-order valence-electron chi connectivity index (χ1n) is 6.97. The van der Waals surface area contributed by atoms with Crippen molar-refractivity contribution in [1.82, 2.24) is 0 Å². The number of hydrogen-bond donors (Lipinski definition) is 1. The summed E-state index contributed by atoms with van der Waals surface area (Å²) in [5.41, 5.74) is 2.03. The number of aryl methyl sites for hydroxylation is 2. The SMILES string of the molecule is CCOC(=O)/C=C(/OC)N(N)c1c(C)cc(C)c([N+](=O)[O-])c1C. The topological polar surface area (TPSA) is 108 Å². The van der Waals surface area contributed by atoms with E-state index in [4.69, 9.17) is 15.3 Å². The summed E-state index contributed by atoms with van der Waals surface area (Å²) in [6, 6.07) is 1.66. The fourth-order valence-electron chi connectivity index (χ4n) is 2.44. The zero-order chi connectivity index (χ0) is 17.7. The lowest BCUT2D eigenvalue weighted by molar-refractivity contribution is -0.386. The molecule has 1 aromatic carbocycles. The maximum Gasteiger partial charge on any atom is 0.336 e. The summed E-state index contributed by atoms with van der Waals surface area (Å²) in [6.45, 7) is 6.93. The fraction of sp³-hybridized carbons (Fsp3) is 0.400. The Balaban J connectivity index is 3.41. The molecule has 0 spiro atoms. The van der Waals surface area contributed by atoms with Gasteiger partial charge in [-0.15, -0.1) is 0 Å². The Bertz CT molecular complexity index is 655.